The third-order valence-electron chi connectivity index (χ3n) is 6.00. The van der Waals surface area contributed by atoms with Crippen LogP contribution in [0.2, 0.25) is 0 Å². The minimum atomic E-state index is -0.315. The summed E-state index contributed by atoms with van der Waals surface area (Å²) in [7, 11) is 0. The van der Waals surface area contributed by atoms with Gasteiger partial charge in [-0.3, -0.25) is 24.1 Å². The number of hydrogen-bond acceptors (Lipinski definition) is 4. The maximum absolute atomic E-state index is 13.1. The summed E-state index contributed by atoms with van der Waals surface area (Å²) >= 11 is 0. The van der Waals surface area contributed by atoms with Crippen molar-refractivity contribution in [2.24, 2.45) is 11.7 Å². The topological polar surface area (TPSA) is 101 Å². The minimum Gasteiger partial charge on any atom is -0.370 e. The van der Waals surface area contributed by atoms with Crippen LogP contribution in [0.15, 0.2) is 48.5 Å². The molecule has 0 spiro atoms. The van der Waals surface area contributed by atoms with Crippen LogP contribution >= 0.6 is 0 Å². The van der Waals surface area contributed by atoms with Gasteiger partial charge in [-0.15, -0.1) is 0 Å². The molecule has 4 rings (SSSR count). The van der Waals surface area contributed by atoms with E-state index in [1.165, 1.54) is 4.90 Å². The first-order chi connectivity index (χ1) is 14.9. The number of benzene rings is 2. The van der Waals surface area contributed by atoms with E-state index in [9.17, 15) is 19.2 Å². The average Bonchev–Trinajstić information content (AvgIpc) is 3.02. The first-order valence-corrected chi connectivity index (χ1v) is 10.6. The van der Waals surface area contributed by atoms with Gasteiger partial charge < -0.3 is 10.6 Å². The molecule has 2 aromatic carbocycles. The van der Waals surface area contributed by atoms with E-state index in [2.05, 4.69) is 0 Å². The maximum atomic E-state index is 13.1. The van der Waals surface area contributed by atoms with Gasteiger partial charge in [0.15, 0.2) is 0 Å². The normalized spacial score (nSPS) is 18.3. The zero-order chi connectivity index (χ0) is 22.0. The lowest BCUT2D eigenvalue weighted by Crippen LogP contribution is -2.40. The van der Waals surface area contributed by atoms with Crippen LogP contribution in [0, 0.1) is 5.92 Å². The summed E-state index contributed by atoms with van der Waals surface area (Å²) in [5.74, 6) is -0.750. The molecule has 160 valence electrons. The molecule has 1 atom stereocenters. The van der Waals surface area contributed by atoms with E-state index < -0.39 is 0 Å². The third kappa shape index (κ3) is 4.35. The Kier molecular flexibility index (Phi) is 5.84. The van der Waals surface area contributed by atoms with Crippen molar-refractivity contribution < 1.29 is 19.2 Å². The quantitative estimate of drug-likeness (QED) is 0.727. The van der Waals surface area contributed by atoms with Gasteiger partial charge in [0.1, 0.15) is 0 Å². The molecule has 0 bridgehead atoms. The first-order valence-electron chi connectivity index (χ1n) is 10.6. The SMILES string of the molecule is NC(=O)CCC1CCCN(C(=O)c2cccc(CN3C(=O)c4ccccc4C3=O)c2)C1. The van der Waals surface area contributed by atoms with Gasteiger partial charge >= 0.3 is 0 Å². The smallest absolute Gasteiger partial charge is 0.261 e. The molecule has 2 N–H and O–H groups in total. The Hall–Kier alpha value is -3.48. The standard InChI is InChI=1S/C24H25N3O4/c25-21(28)11-10-16-6-4-12-26(14-16)22(29)18-7-3-5-17(13-18)15-27-23(30)19-8-1-2-9-20(19)24(27)31/h1-3,5,7-9,13,16H,4,6,10-12,14-15H2,(H2,25,28). The molecule has 0 saturated carbocycles. The zero-order valence-electron chi connectivity index (χ0n) is 17.3. The molecule has 2 aliphatic rings. The summed E-state index contributed by atoms with van der Waals surface area (Å²) < 4.78 is 0. The monoisotopic (exact) mass is 419 g/mol. The Balaban J connectivity index is 1.45. The Morgan fingerprint density at radius 1 is 1.00 bits per heavy atom. The van der Waals surface area contributed by atoms with E-state index in [0.717, 1.165) is 18.4 Å². The number of likely N-dealkylation sites (tertiary alicyclic amines) is 1. The first kappa shape index (κ1) is 20.8. The van der Waals surface area contributed by atoms with Gasteiger partial charge in [-0.05, 0) is 55.0 Å². The highest BCUT2D eigenvalue weighted by Gasteiger charge is 2.35. The Morgan fingerprint density at radius 2 is 1.71 bits per heavy atom. The molecule has 1 unspecified atom stereocenters. The number of primary amides is 1. The fourth-order valence-electron chi connectivity index (χ4n) is 4.38. The summed E-state index contributed by atoms with van der Waals surface area (Å²) in [6.07, 6.45) is 2.90. The van der Waals surface area contributed by atoms with Gasteiger partial charge in [0, 0.05) is 25.1 Å². The highest BCUT2D eigenvalue weighted by molar-refractivity contribution is 6.21. The summed E-state index contributed by atoms with van der Waals surface area (Å²) in [6, 6.07) is 13.9. The maximum Gasteiger partial charge on any atom is 0.261 e. The fraction of sp³-hybridized carbons (Fsp3) is 0.333. The van der Waals surface area contributed by atoms with Crippen LogP contribution in [0.3, 0.4) is 0 Å². The highest BCUT2D eigenvalue weighted by Crippen LogP contribution is 2.25. The van der Waals surface area contributed by atoms with Crippen LogP contribution in [-0.4, -0.2) is 46.5 Å². The molecule has 0 aromatic heterocycles. The number of carbonyl (C=O) groups is 4. The van der Waals surface area contributed by atoms with Crippen LogP contribution in [0.4, 0.5) is 0 Å². The largest absolute Gasteiger partial charge is 0.370 e. The predicted octanol–water partition coefficient (Wildman–Crippen LogP) is 2.60. The molecule has 0 aliphatic carbocycles. The van der Waals surface area contributed by atoms with Gasteiger partial charge in [0.05, 0.1) is 17.7 Å². The van der Waals surface area contributed by atoms with Crippen molar-refractivity contribution in [1.29, 1.82) is 0 Å². The molecule has 0 radical (unpaired) electrons. The predicted molar refractivity (Wildman–Crippen MR) is 114 cm³/mol. The molecule has 4 amide bonds. The third-order valence-corrected chi connectivity index (χ3v) is 6.00. The summed E-state index contributed by atoms with van der Waals surface area (Å²) in [6.45, 7) is 1.40. The van der Waals surface area contributed by atoms with Crippen molar-refractivity contribution >= 4 is 23.6 Å². The van der Waals surface area contributed by atoms with Crippen molar-refractivity contribution in [3.8, 4) is 0 Å². The molecule has 1 saturated heterocycles. The van der Waals surface area contributed by atoms with Gasteiger partial charge in [-0.25, -0.2) is 0 Å². The van der Waals surface area contributed by atoms with Crippen LogP contribution in [0.5, 0.6) is 0 Å². The van der Waals surface area contributed by atoms with E-state index in [1.807, 2.05) is 11.0 Å². The van der Waals surface area contributed by atoms with E-state index in [0.29, 0.717) is 42.6 Å². The van der Waals surface area contributed by atoms with Crippen LogP contribution in [-0.2, 0) is 11.3 Å². The van der Waals surface area contributed by atoms with Crippen molar-refractivity contribution in [1.82, 2.24) is 9.80 Å². The average molecular weight is 419 g/mol. The second kappa shape index (κ2) is 8.71. The molecular weight excluding hydrogens is 394 g/mol. The van der Waals surface area contributed by atoms with Gasteiger partial charge in [-0.2, -0.15) is 0 Å². The van der Waals surface area contributed by atoms with E-state index in [4.69, 9.17) is 5.73 Å². The lowest BCUT2D eigenvalue weighted by Gasteiger charge is -2.33. The number of amides is 4. The zero-order valence-corrected chi connectivity index (χ0v) is 17.3. The van der Waals surface area contributed by atoms with E-state index >= 15 is 0 Å². The fourth-order valence-corrected chi connectivity index (χ4v) is 4.38. The van der Waals surface area contributed by atoms with Gasteiger partial charge in [-0.1, -0.05) is 24.3 Å². The summed E-state index contributed by atoms with van der Waals surface area (Å²) in [4.78, 5) is 52.4. The lowest BCUT2D eigenvalue weighted by molar-refractivity contribution is -0.118. The van der Waals surface area contributed by atoms with Crippen LogP contribution in [0.1, 0.15) is 62.3 Å². The molecule has 2 aliphatic heterocycles. The van der Waals surface area contributed by atoms with Gasteiger partial charge in [0.25, 0.3) is 17.7 Å². The number of nitrogens with zero attached hydrogens (tertiary/aromatic N) is 2. The number of fused-ring (bicyclic) bond motifs is 1. The molecule has 2 aromatic rings. The van der Waals surface area contributed by atoms with Crippen molar-refractivity contribution in [3.63, 3.8) is 0 Å². The van der Waals surface area contributed by atoms with Crippen molar-refractivity contribution in [2.75, 3.05) is 13.1 Å². The summed E-state index contributed by atoms with van der Waals surface area (Å²) in [5, 5.41) is 0. The number of imide groups is 1. The molecular formula is C24H25N3O4. The number of nitrogens with two attached hydrogens (primary N) is 1. The van der Waals surface area contributed by atoms with E-state index in [1.54, 1.807) is 42.5 Å². The molecule has 7 nitrogen and oxygen atoms in total. The molecule has 7 heteroatoms. The number of piperidine rings is 1. The number of carbonyl (C=O) groups excluding carboxylic acids is 4. The van der Waals surface area contributed by atoms with Crippen LogP contribution < -0.4 is 5.73 Å². The van der Waals surface area contributed by atoms with Crippen LogP contribution in [0.25, 0.3) is 0 Å². The highest BCUT2D eigenvalue weighted by atomic mass is 16.2. The number of rotatable bonds is 6. The Bertz CT molecular complexity index is 1010. The summed E-state index contributed by atoms with van der Waals surface area (Å²) in [5.41, 5.74) is 7.34. The molecule has 1 fully saturated rings. The lowest BCUT2D eigenvalue weighted by atomic mass is 9.93. The Morgan fingerprint density at radius 3 is 2.39 bits per heavy atom. The molecule has 2 heterocycles. The second-order valence-electron chi connectivity index (χ2n) is 8.21. The number of hydrogen-bond donors (Lipinski definition) is 1. The van der Waals surface area contributed by atoms with Crippen molar-refractivity contribution in [3.05, 3.63) is 70.8 Å². The van der Waals surface area contributed by atoms with E-state index in [-0.39, 0.29) is 36.1 Å². The van der Waals surface area contributed by atoms with Crippen molar-refractivity contribution in [2.45, 2.75) is 32.2 Å². The minimum absolute atomic E-state index is 0.0759. The second-order valence-corrected chi connectivity index (χ2v) is 8.21. The Labute approximate surface area is 180 Å². The molecule has 31 heavy (non-hydrogen) atoms. The van der Waals surface area contributed by atoms with Gasteiger partial charge in [0.2, 0.25) is 5.91 Å².